The zero-order valence-corrected chi connectivity index (χ0v) is 15.9. The van der Waals surface area contributed by atoms with Crippen LogP contribution in [0.5, 0.6) is 0 Å². The van der Waals surface area contributed by atoms with E-state index in [1.54, 1.807) is 17.0 Å². The Hall–Kier alpha value is -3.15. The molecule has 3 atom stereocenters. The average Bonchev–Trinajstić information content (AvgIpc) is 2.66. The van der Waals surface area contributed by atoms with E-state index in [2.05, 4.69) is 17.9 Å². The van der Waals surface area contributed by atoms with E-state index in [1.165, 1.54) is 12.1 Å². The molecule has 2 aromatic rings. The highest BCUT2D eigenvalue weighted by Crippen LogP contribution is 2.43. The van der Waals surface area contributed by atoms with Gasteiger partial charge in [0.15, 0.2) is 0 Å². The average molecular weight is 388 g/mol. The number of aliphatic hydroxyl groups is 1. The number of halogens is 1. The van der Waals surface area contributed by atoms with Gasteiger partial charge < -0.3 is 10.0 Å². The topological polar surface area (TPSA) is 64.3 Å². The first-order valence-corrected chi connectivity index (χ1v) is 9.82. The molecule has 0 unspecified atom stereocenters. The summed E-state index contributed by atoms with van der Waals surface area (Å²) in [6.45, 7) is -0.164. The van der Waals surface area contributed by atoms with Gasteiger partial charge in [0.05, 0.1) is 18.7 Å². The molecule has 1 aliphatic heterocycles. The summed E-state index contributed by atoms with van der Waals surface area (Å²) < 4.78 is 13.2. The number of hydrogen-bond acceptors (Lipinski definition) is 3. The fourth-order valence-electron chi connectivity index (χ4n) is 4.08. The number of likely N-dealkylation sites (tertiary alicyclic amines) is 1. The van der Waals surface area contributed by atoms with E-state index in [-0.39, 0.29) is 36.2 Å². The highest BCUT2D eigenvalue weighted by atomic mass is 19.1. The number of carbonyl (C=O) groups is 1. The molecule has 4 nitrogen and oxygen atoms in total. The summed E-state index contributed by atoms with van der Waals surface area (Å²) in [5.41, 5.74) is 2.28. The van der Waals surface area contributed by atoms with Crippen molar-refractivity contribution in [3.63, 3.8) is 0 Å². The van der Waals surface area contributed by atoms with E-state index < -0.39 is 6.04 Å². The smallest absolute Gasteiger partial charge is 0.227 e. The summed E-state index contributed by atoms with van der Waals surface area (Å²) in [4.78, 5) is 14.2. The largest absolute Gasteiger partial charge is 0.394 e. The molecule has 146 valence electrons. The summed E-state index contributed by atoms with van der Waals surface area (Å²) in [6.07, 6.45) is 2.79. The Morgan fingerprint density at radius 3 is 2.45 bits per heavy atom. The van der Waals surface area contributed by atoms with Crippen molar-refractivity contribution < 1.29 is 14.3 Å². The standard InChI is InChI=1S/C24H21FN2O2/c25-20-6-1-3-17(13-20)8-7-16-9-11-18(12-10-16)23-21(14-26)27(22(23)15-28)24(29)19-4-2-5-19/h1,3,6,9-13,19,21-23,28H,2,4-5,15H2/t21-,22-,23+/m1/s1. The van der Waals surface area contributed by atoms with Crippen LogP contribution in [0, 0.1) is 34.9 Å². The maximum absolute atomic E-state index is 13.2. The van der Waals surface area contributed by atoms with Crippen molar-refractivity contribution in [1.29, 1.82) is 5.26 Å². The number of hydrogen-bond donors (Lipinski definition) is 1. The zero-order valence-electron chi connectivity index (χ0n) is 15.9. The quantitative estimate of drug-likeness (QED) is 0.822. The number of nitrogens with zero attached hydrogens (tertiary/aromatic N) is 2. The molecule has 2 fully saturated rings. The van der Waals surface area contributed by atoms with Crippen molar-refractivity contribution in [2.75, 3.05) is 6.61 Å². The number of aliphatic hydroxyl groups excluding tert-OH is 1. The Morgan fingerprint density at radius 2 is 1.86 bits per heavy atom. The lowest BCUT2D eigenvalue weighted by Crippen LogP contribution is -2.66. The first-order chi connectivity index (χ1) is 14.1. The van der Waals surface area contributed by atoms with Crippen molar-refractivity contribution in [3.8, 4) is 17.9 Å². The van der Waals surface area contributed by atoms with Crippen molar-refractivity contribution in [2.45, 2.75) is 37.3 Å². The molecule has 2 aromatic carbocycles. The van der Waals surface area contributed by atoms with Gasteiger partial charge in [-0.2, -0.15) is 5.26 Å². The summed E-state index contributed by atoms with van der Waals surface area (Å²) in [6, 6.07) is 14.9. The van der Waals surface area contributed by atoms with Crippen LogP contribution < -0.4 is 0 Å². The van der Waals surface area contributed by atoms with Crippen LogP contribution in [0.1, 0.15) is 41.9 Å². The van der Waals surface area contributed by atoms with E-state index in [9.17, 15) is 19.6 Å². The molecular weight excluding hydrogens is 367 g/mol. The van der Waals surface area contributed by atoms with Crippen molar-refractivity contribution in [3.05, 3.63) is 71.0 Å². The van der Waals surface area contributed by atoms with Crippen molar-refractivity contribution in [2.24, 2.45) is 5.92 Å². The highest BCUT2D eigenvalue weighted by Gasteiger charge is 2.53. The van der Waals surface area contributed by atoms with Crippen molar-refractivity contribution >= 4 is 5.91 Å². The molecule has 1 saturated carbocycles. The number of nitriles is 1. The maximum Gasteiger partial charge on any atom is 0.227 e. The summed E-state index contributed by atoms with van der Waals surface area (Å²) in [7, 11) is 0. The van der Waals surface area contributed by atoms with Crippen LogP contribution in [0.2, 0.25) is 0 Å². The second-order valence-electron chi connectivity index (χ2n) is 7.61. The van der Waals surface area contributed by atoms with E-state index in [0.717, 1.165) is 30.4 Å². The molecule has 1 heterocycles. The highest BCUT2D eigenvalue weighted by molar-refractivity contribution is 5.82. The molecular formula is C24H21FN2O2. The normalized spacial score (nSPS) is 23.2. The third-order valence-electron chi connectivity index (χ3n) is 5.91. The lowest BCUT2D eigenvalue weighted by atomic mass is 9.73. The van der Waals surface area contributed by atoms with E-state index in [0.29, 0.717) is 5.56 Å². The molecule has 0 spiro atoms. The Balaban J connectivity index is 1.51. The van der Waals surface area contributed by atoms with Crippen LogP contribution in [0.15, 0.2) is 48.5 Å². The first kappa shape index (κ1) is 19.2. The molecule has 0 aromatic heterocycles. The van der Waals surface area contributed by atoms with Crippen LogP contribution in [0.3, 0.4) is 0 Å². The summed E-state index contributed by atoms with van der Waals surface area (Å²) >= 11 is 0. The second-order valence-corrected chi connectivity index (χ2v) is 7.61. The third-order valence-corrected chi connectivity index (χ3v) is 5.91. The van der Waals surface area contributed by atoms with Crippen LogP contribution >= 0.6 is 0 Å². The van der Waals surface area contributed by atoms with Gasteiger partial charge >= 0.3 is 0 Å². The summed E-state index contributed by atoms with van der Waals surface area (Å²) in [5, 5.41) is 19.5. The molecule has 1 amide bonds. The Morgan fingerprint density at radius 1 is 1.14 bits per heavy atom. The monoisotopic (exact) mass is 388 g/mol. The fraction of sp³-hybridized carbons (Fsp3) is 0.333. The molecule has 0 radical (unpaired) electrons. The van der Waals surface area contributed by atoms with Crippen LogP contribution in [-0.2, 0) is 4.79 Å². The fourth-order valence-corrected chi connectivity index (χ4v) is 4.08. The van der Waals surface area contributed by atoms with E-state index in [4.69, 9.17) is 0 Å². The third kappa shape index (κ3) is 3.62. The minimum atomic E-state index is -0.551. The molecule has 29 heavy (non-hydrogen) atoms. The molecule has 1 saturated heterocycles. The molecule has 1 N–H and O–H groups in total. The molecule has 0 bridgehead atoms. The number of amides is 1. The van der Waals surface area contributed by atoms with Gasteiger partial charge in [-0.3, -0.25) is 4.79 Å². The lowest BCUT2D eigenvalue weighted by molar-refractivity contribution is -0.154. The number of carbonyl (C=O) groups excluding carboxylic acids is 1. The molecule has 1 aliphatic carbocycles. The predicted octanol–water partition coefficient (Wildman–Crippen LogP) is 3.20. The SMILES string of the molecule is N#C[C@@H]1[C@H](c2ccc(C#Cc3cccc(F)c3)cc2)[C@@H](CO)N1C(=O)C1CCC1. The second kappa shape index (κ2) is 8.07. The number of rotatable bonds is 3. The Labute approximate surface area is 169 Å². The number of benzene rings is 2. The van der Waals surface area contributed by atoms with Crippen LogP contribution in [0.4, 0.5) is 4.39 Å². The van der Waals surface area contributed by atoms with Gasteiger partial charge in [0.1, 0.15) is 11.9 Å². The minimum Gasteiger partial charge on any atom is -0.394 e. The van der Waals surface area contributed by atoms with Gasteiger partial charge in [0, 0.05) is 23.0 Å². The van der Waals surface area contributed by atoms with E-state index in [1.807, 2.05) is 24.3 Å². The van der Waals surface area contributed by atoms with Crippen LogP contribution in [-0.4, -0.2) is 34.6 Å². The molecule has 5 heteroatoms. The van der Waals surface area contributed by atoms with Gasteiger partial charge in [-0.1, -0.05) is 36.5 Å². The van der Waals surface area contributed by atoms with Gasteiger partial charge in [-0.05, 0) is 48.7 Å². The zero-order chi connectivity index (χ0) is 20.4. The Kier molecular flexibility index (Phi) is 5.34. The van der Waals surface area contributed by atoms with E-state index >= 15 is 0 Å². The molecule has 2 aliphatic rings. The predicted molar refractivity (Wildman–Crippen MR) is 106 cm³/mol. The van der Waals surface area contributed by atoms with Gasteiger partial charge in [0.25, 0.3) is 0 Å². The van der Waals surface area contributed by atoms with Crippen molar-refractivity contribution in [1.82, 2.24) is 4.90 Å². The summed E-state index contributed by atoms with van der Waals surface area (Å²) in [5.74, 6) is 5.40. The molecule has 4 rings (SSSR count). The van der Waals surface area contributed by atoms with Gasteiger partial charge in [0.2, 0.25) is 5.91 Å². The van der Waals surface area contributed by atoms with Crippen LogP contribution in [0.25, 0.3) is 0 Å². The van der Waals surface area contributed by atoms with Gasteiger partial charge in [-0.25, -0.2) is 4.39 Å². The maximum atomic E-state index is 13.2. The Bertz CT molecular complexity index is 1010. The van der Waals surface area contributed by atoms with Gasteiger partial charge in [-0.15, -0.1) is 0 Å². The minimum absolute atomic E-state index is 0.00123. The lowest BCUT2D eigenvalue weighted by Gasteiger charge is -2.53. The first-order valence-electron chi connectivity index (χ1n) is 9.82.